The molecule has 0 amide bonds. The summed E-state index contributed by atoms with van der Waals surface area (Å²) in [5.74, 6) is 1.91. The van der Waals surface area contributed by atoms with Crippen molar-refractivity contribution in [1.29, 1.82) is 0 Å². The molecular weight excluding hydrogens is 300 g/mol. The first-order chi connectivity index (χ1) is 10.8. The summed E-state index contributed by atoms with van der Waals surface area (Å²) >= 11 is 1.63. The number of rotatable bonds is 3. The quantitative estimate of drug-likeness (QED) is 0.939. The number of aliphatic hydroxyl groups excluding tert-OH is 1. The standard InChI is InChI=1S/C16H18N2O3S/c1-20-11-2-3-12-13-7-18(15-17-4-5-22-15)8-16(13,9-19)10-21-14(12)6-11/h2-6,13,19H,7-10H2,1H3/t13-,16-/m1/s1. The van der Waals surface area contributed by atoms with E-state index in [0.717, 1.165) is 35.3 Å². The fraction of sp³-hybridized carbons (Fsp3) is 0.438. The highest BCUT2D eigenvalue weighted by molar-refractivity contribution is 7.13. The van der Waals surface area contributed by atoms with E-state index in [0.29, 0.717) is 6.61 Å². The third-order valence-electron chi connectivity index (χ3n) is 4.76. The average Bonchev–Trinajstić information content (AvgIpc) is 3.21. The van der Waals surface area contributed by atoms with Crippen molar-refractivity contribution in [2.24, 2.45) is 5.41 Å². The van der Waals surface area contributed by atoms with Gasteiger partial charge in [0.2, 0.25) is 0 Å². The molecule has 1 fully saturated rings. The van der Waals surface area contributed by atoms with Crippen molar-refractivity contribution in [3.63, 3.8) is 0 Å². The van der Waals surface area contributed by atoms with Crippen LogP contribution < -0.4 is 14.4 Å². The molecule has 0 bridgehead atoms. The van der Waals surface area contributed by atoms with Gasteiger partial charge in [0.15, 0.2) is 5.13 Å². The fourth-order valence-electron chi connectivity index (χ4n) is 3.54. The molecule has 1 aromatic heterocycles. The number of methoxy groups -OCH3 is 1. The van der Waals surface area contributed by atoms with E-state index in [2.05, 4.69) is 16.0 Å². The van der Waals surface area contributed by atoms with E-state index >= 15 is 0 Å². The molecule has 2 aliphatic heterocycles. The molecule has 3 heterocycles. The van der Waals surface area contributed by atoms with Crippen LogP contribution >= 0.6 is 11.3 Å². The van der Waals surface area contributed by atoms with E-state index in [1.165, 1.54) is 0 Å². The second-order valence-corrected chi connectivity index (χ2v) is 6.83. The minimum atomic E-state index is -0.257. The second-order valence-electron chi connectivity index (χ2n) is 5.96. The monoisotopic (exact) mass is 318 g/mol. The molecule has 2 aromatic rings. The van der Waals surface area contributed by atoms with Crippen LogP contribution in [0.25, 0.3) is 0 Å². The number of benzene rings is 1. The van der Waals surface area contributed by atoms with Crippen LogP contribution in [0.1, 0.15) is 11.5 Å². The van der Waals surface area contributed by atoms with E-state index in [-0.39, 0.29) is 17.9 Å². The summed E-state index contributed by atoms with van der Waals surface area (Å²) in [5.41, 5.74) is 0.896. The topological polar surface area (TPSA) is 54.8 Å². The summed E-state index contributed by atoms with van der Waals surface area (Å²) in [4.78, 5) is 6.67. The normalized spacial score (nSPS) is 26.3. The molecule has 0 radical (unpaired) electrons. The van der Waals surface area contributed by atoms with Crippen LogP contribution in [0.2, 0.25) is 0 Å². The van der Waals surface area contributed by atoms with Crippen LogP contribution in [0.4, 0.5) is 5.13 Å². The Kier molecular flexibility index (Phi) is 3.23. The molecule has 0 spiro atoms. The van der Waals surface area contributed by atoms with Crippen molar-refractivity contribution in [3.05, 3.63) is 35.3 Å². The molecule has 22 heavy (non-hydrogen) atoms. The van der Waals surface area contributed by atoms with Gasteiger partial charge in [0.1, 0.15) is 11.5 Å². The van der Waals surface area contributed by atoms with Crippen LogP contribution in [-0.4, -0.2) is 43.5 Å². The lowest BCUT2D eigenvalue weighted by atomic mass is 9.74. The number of hydrogen-bond acceptors (Lipinski definition) is 6. The predicted octanol–water partition coefficient (Wildman–Crippen LogP) is 2.13. The minimum Gasteiger partial charge on any atom is -0.497 e. The summed E-state index contributed by atoms with van der Waals surface area (Å²) in [6, 6.07) is 5.96. The van der Waals surface area contributed by atoms with E-state index in [1.54, 1.807) is 18.4 Å². The first kappa shape index (κ1) is 13.8. The SMILES string of the molecule is COc1ccc2c(c1)OC[C@]1(CO)CN(c3nccs3)C[C@H]21. The lowest BCUT2D eigenvalue weighted by Gasteiger charge is -2.37. The van der Waals surface area contributed by atoms with Crippen molar-refractivity contribution in [1.82, 2.24) is 4.98 Å². The van der Waals surface area contributed by atoms with E-state index in [1.807, 2.05) is 23.7 Å². The maximum absolute atomic E-state index is 10.0. The molecule has 1 N–H and O–H groups in total. The van der Waals surface area contributed by atoms with Gasteiger partial charge in [-0.2, -0.15) is 0 Å². The molecule has 0 unspecified atom stereocenters. The molecular formula is C16H18N2O3S. The first-order valence-corrected chi connectivity index (χ1v) is 8.20. The largest absolute Gasteiger partial charge is 0.497 e. The molecule has 5 nitrogen and oxygen atoms in total. The summed E-state index contributed by atoms with van der Waals surface area (Å²) < 4.78 is 11.2. The van der Waals surface area contributed by atoms with Gasteiger partial charge in [-0.1, -0.05) is 6.07 Å². The lowest BCUT2D eigenvalue weighted by Crippen LogP contribution is -2.42. The van der Waals surface area contributed by atoms with Gasteiger partial charge < -0.3 is 19.5 Å². The zero-order chi connectivity index (χ0) is 15.2. The van der Waals surface area contributed by atoms with Crippen LogP contribution in [0.5, 0.6) is 11.5 Å². The van der Waals surface area contributed by atoms with E-state index < -0.39 is 0 Å². The third-order valence-corrected chi connectivity index (χ3v) is 5.60. The molecule has 4 rings (SSSR count). The Morgan fingerprint density at radius 1 is 1.55 bits per heavy atom. The minimum absolute atomic E-state index is 0.116. The summed E-state index contributed by atoms with van der Waals surface area (Å²) in [6.07, 6.45) is 1.82. The Morgan fingerprint density at radius 2 is 2.45 bits per heavy atom. The maximum atomic E-state index is 10.0. The summed E-state index contributed by atoms with van der Waals surface area (Å²) in [6.45, 7) is 2.27. The van der Waals surface area contributed by atoms with Crippen LogP contribution in [-0.2, 0) is 0 Å². The van der Waals surface area contributed by atoms with E-state index in [4.69, 9.17) is 9.47 Å². The Balaban J connectivity index is 1.72. The van der Waals surface area contributed by atoms with Crippen LogP contribution in [0.3, 0.4) is 0 Å². The van der Waals surface area contributed by atoms with Crippen molar-refractivity contribution in [2.75, 3.05) is 38.3 Å². The van der Waals surface area contributed by atoms with Crippen molar-refractivity contribution >= 4 is 16.5 Å². The Hall–Kier alpha value is -1.79. The van der Waals surface area contributed by atoms with Crippen LogP contribution in [0.15, 0.2) is 29.8 Å². The molecule has 116 valence electrons. The van der Waals surface area contributed by atoms with Crippen molar-refractivity contribution in [2.45, 2.75) is 5.92 Å². The Morgan fingerprint density at radius 3 is 3.18 bits per heavy atom. The van der Waals surface area contributed by atoms with Gasteiger partial charge in [-0.3, -0.25) is 0 Å². The highest BCUT2D eigenvalue weighted by atomic mass is 32.1. The molecule has 1 saturated heterocycles. The Bertz CT molecular complexity index is 676. The zero-order valence-electron chi connectivity index (χ0n) is 12.4. The summed E-state index contributed by atoms with van der Waals surface area (Å²) in [5, 5.41) is 13.0. The molecule has 2 aliphatic rings. The molecule has 0 saturated carbocycles. The third kappa shape index (κ3) is 1.98. The van der Waals surface area contributed by atoms with Gasteiger partial charge in [0.05, 0.1) is 25.7 Å². The lowest BCUT2D eigenvalue weighted by molar-refractivity contribution is 0.0533. The first-order valence-electron chi connectivity index (χ1n) is 7.32. The highest BCUT2D eigenvalue weighted by Crippen LogP contribution is 2.51. The molecule has 6 heteroatoms. The average molecular weight is 318 g/mol. The summed E-state index contributed by atoms with van der Waals surface area (Å²) in [7, 11) is 1.66. The number of nitrogens with zero attached hydrogens (tertiary/aromatic N) is 2. The number of fused-ring (bicyclic) bond motifs is 3. The molecule has 1 aromatic carbocycles. The van der Waals surface area contributed by atoms with Crippen LogP contribution in [0, 0.1) is 5.41 Å². The number of hydrogen-bond donors (Lipinski definition) is 1. The van der Waals surface area contributed by atoms with Gasteiger partial charge >= 0.3 is 0 Å². The molecule has 2 atom stereocenters. The van der Waals surface area contributed by atoms with E-state index in [9.17, 15) is 5.11 Å². The number of aliphatic hydroxyl groups is 1. The smallest absolute Gasteiger partial charge is 0.185 e. The molecule has 0 aliphatic carbocycles. The van der Waals surface area contributed by atoms with Gasteiger partial charge in [0, 0.05) is 42.2 Å². The van der Waals surface area contributed by atoms with Crippen molar-refractivity contribution in [3.8, 4) is 11.5 Å². The van der Waals surface area contributed by atoms with Crippen molar-refractivity contribution < 1.29 is 14.6 Å². The van der Waals surface area contributed by atoms with Gasteiger partial charge in [-0.25, -0.2) is 4.98 Å². The maximum Gasteiger partial charge on any atom is 0.185 e. The second kappa shape index (κ2) is 5.14. The zero-order valence-corrected chi connectivity index (χ0v) is 13.2. The predicted molar refractivity (Wildman–Crippen MR) is 85.1 cm³/mol. The number of anilines is 1. The fourth-order valence-corrected chi connectivity index (χ4v) is 4.20. The number of thiazole rings is 1. The number of ether oxygens (including phenoxy) is 2. The van der Waals surface area contributed by atoms with Gasteiger partial charge in [-0.05, 0) is 6.07 Å². The number of aromatic nitrogens is 1. The van der Waals surface area contributed by atoms with Gasteiger partial charge in [-0.15, -0.1) is 11.3 Å². The highest BCUT2D eigenvalue weighted by Gasteiger charge is 2.51. The Labute approximate surface area is 133 Å². The van der Waals surface area contributed by atoms with Gasteiger partial charge in [0.25, 0.3) is 0 Å².